The molecule has 1 aromatic heterocycles. The molecule has 4 atom stereocenters. The fourth-order valence-corrected chi connectivity index (χ4v) is 8.09. The lowest BCUT2D eigenvalue weighted by molar-refractivity contribution is -0.128. The molecule has 3 N–H and O–H groups in total. The van der Waals surface area contributed by atoms with E-state index in [-0.39, 0.29) is 42.3 Å². The normalized spacial score (nSPS) is 16.2. The van der Waals surface area contributed by atoms with Gasteiger partial charge in [-0.05, 0) is 72.6 Å². The lowest BCUT2D eigenvalue weighted by Crippen LogP contribution is -2.57. The van der Waals surface area contributed by atoms with Crippen molar-refractivity contribution in [3.05, 3.63) is 94.8 Å². The number of carbonyl (C=O) groups excluding carboxylic acids is 2. The fourth-order valence-electron chi connectivity index (χ4n) is 6.47. The van der Waals surface area contributed by atoms with Crippen LogP contribution in [0.1, 0.15) is 62.1 Å². The maximum Gasteiger partial charge on any atom is 0.321 e. The van der Waals surface area contributed by atoms with Crippen molar-refractivity contribution in [1.82, 2.24) is 24.4 Å². The third kappa shape index (κ3) is 9.93. The van der Waals surface area contributed by atoms with Crippen molar-refractivity contribution in [1.29, 1.82) is 0 Å². The number of aliphatic hydroxyl groups excluding tert-OH is 1. The largest absolute Gasteiger partial charge is 0.411 e. The summed E-state index contributed by atoms with van der Waals surface area (Å²) in [6, 6.07) is 15.3. The van der Waals surface area contributed by atoms with Crippen LogP contribution in [0.4, 0.5) is 4.79 Å². The van der Waals surface area contributed by atoms with Crippen LogP contribution in [0.15, 0.2) is 76.9 Å². The number of aryl methyl sites for hydroxylation is 2. The van der Waals surface area contributed by atoms with Gasteiger partial charge < -0.3 is 25.4 Å². The summed E-state index contributed by atoms with van der Waals surface area (Å²) in [4.78, 5) is 36.0. The van der Waals surface area contributed by atoms with E-state index in [2.05, 4.69) is 15.5 Å². The lowest BCUT2D eigenvalue weighted by Gasteiger charge is -2.35. The van der Waals surface area contributed by atoms with E-state index in [9.17, 15) is 23.1 Å². The van der Waals surface area contributed by atoms with Crippen LogP contribution >= 0.6 is 0 Å². The number of hydrogen-bond acceptors (Lipinski definition) is 8. The number of pyridine rings is 1. The highest BCUT2D eigenvalue weighted by molar-refractivity contribution is 7.89. The van der Waals surface area contributed by atoms with E-state index in [4.69, 9.17) is 5.21 Å². The number of hydrogen-bond donors (Lipinski definition) is 3. The van der Waals surface area contributed by atoms with Gasteiger partial charge in [-0.1, -0.05) is 81.7 Å². The van der Waals surface area contributed by atoms with Gasteiger partial charge in [0, 0.05) is 44.6 Å². The second-order valence-corrected chi connectivity index (χ2v) is 15.8. The maximum atomic E-state index is 14.3. The molecular formula is C38H52N6O6S. The summed E-state index contributed by atoms with van der Waals surface area (Å²) >= 11 is 0. The summed E-state index contributed by atoms with van der Waals surface area (Å²) in [5.41, 5.74) is 4.27. The Bertz CT molecular complexity index is 1730. The number of sulfonamides is 1. The molecule has 2 aromatic carbocycles. The molecule has 4 rings (SSSR count). The standard InChI is InChI=1S/C38H52N6O6S/c1-7-27(4)36(44-20-19-42(38(44)47)24-33-28(5)17-18-39-29(33)6)37(46)41-34(21-30-11-9-8-10-12-30)35(45)25-43(23-26(2)3)51(49,50)32-15-13-31(14-16-32)22-40-48/h8-18,22,26-27,34-36,45,48H,7,19-21,23-25H2,1-6H3,(H,41,46)/b40-22+/t27?,34-,35+,36-/m0/s1. The summed E-state index contributed by atoms with van der Waals surface area (Å²) in [7, 11) is -4.06. The van der Waals surface area contributed by atoms with E-state index < -0.39 is 34.1 Å². The summed E-state index contributed by atoms with van der Waals surface area (Å²) < 4.78 is 29.1. The van der Waals surface area contributed by atoms with E-state index in [0.717, 1.165) is 22.4 Å². The number of carbonyl (C=O) groups is 2. The Morgan fingerprint density at radius 2 is 1.73 bits per heavy atom. The number of nitrogens with one attached hydrogen (secondary N) is 1. The molecule has 0 radical (unpaired) electrons. The quantitative estimate of drug-likeness (QED) is 0.105. The number of aromatic nitrogens is 1. The zero-order valence-electron chi connectivity index (χ0n) is 30.4. The van der Waals surface area contributed by atoms with Crippen LogP contribution in [0.2, 0.25) is 0 Å². The number of aliphatic hydroxyl groups is 1. The van der Waals surface area contributed by atoms with E-state index in [0.29, 0.717) is 31.6 Å². The average Bonchev–Trinajstić information content (AvgIpc) is 3.45. The van der Waals surface area contributed by atoms with Crippen molar-refractivity contribution in [2.75, 3.05) is 26.2 Å². The number of urea groups is 1. The van der Waals surface area contributed by atoms with Gasteiger partial charge in [-0.3, -0.25) is 9.78 Å². The third-order valence-electron chi connectivity index (χ3n) is 9.54. The van der Waals surface area contributed by atoms with Crippen LogP contribution in [0, 0.1) is 25.7 Å². The predicted octanol–water partition coefficient (Wildman–Crippen LogP) is 4.59. The highest BCUT2D eigenvalue weighted by Gasteiger charge is 2.41. The van der Waals surface area contributed by atoms with Crippen molar-refractivity contribution in [2.45, 2.75) is 84.0 Å². The highest BCUT2D eigenvalue weighted by atomic mass is 32.2. The number of amides is 3. The van der Waals surface area contributed by atoms with E-state index >= 15 is 0 Å². The molecule has 2 heterocycles. The van der Waals surface area contributed by atoms with E-state index in [1.165, 1.54) is 34.8 Å². The molecule has 3 aromatic rings. The molecule has 1 aliphatic heterocycles. The molecule has 0 saturated carbocycles. The van der Waals surface area contributed by atoms with E-state index in [1.54, 1.807) is 16.0 Å². The van der Waals surface area contributed by atoms with Gasteiger partial charge in [0.15, 0.2) is 0 Å². The highest BCUT2D eigenvalue weighted by Crippen LogP contribution is 2.25. The summed E-state index contributed by atoms with van der Waals surface area (Å²) in [6.45, 7) is 12.7. The Balaban J connectivity index is 1.60. The SMILES string of the molecule is CCC(C)[C@@H](C(=O)N[C@@H](Cc1ccccc1)[C@H](O)CN(CC(C)C)S(=O)(=O)c1ccc(/C=N/O)cc1)N1CCN(Cc2c(C)ccnc2C)C1=O. The van der Waals surface area contributed by atoms with Crippen molar-refractivity contribution < 1.29 is 28.3 Å². The van der Waals surface area contributed by atoms with Crippen molar-refractivity contribution in [3.8, 4) is 0 Å². The number of benzene rings is 2. The Morgan fingerprint density at radius 3 is 2.33 bits per heavy atom. The average molecular weight is 721 g/mol. The molecule has 51 heavy (non-hydrogen) atoms. The first-order chi connectivity index (χ1) is 24.3. The second-order valence-electron chi connectivity index (χ2n) is 13.8. The molecule has 1 fully saturated rings. The number of oxime groups is 1. The smallest absolute Gasteiger partial charge is 0.321 e. The molecule has 0 aliphatic carbocycles. The lowest BCUT2D eigenvalue weighted by atomic mass is 9.95. The molecule has 1 unspecified atom stereocenters. The zero-order chi connectivity index (χ0) is 37.3. The molecule has 3 amide bonds. The molecule has 0 spiro atoms. The van der Waals surface area contributed by atoms with Crippen LogP contribution in [0.5, 0.6) is 0 Å². The summed E-state index contributed by atoms with van der Waals surface area (Å²) in [5.74, 6) is -0.650. The number of rotatable bonds is 17. The minimum atomic E-state index is -4.06. The van der Waals surface area contributed by atoms with Crippen LogP contribution in [0.3, 0.4) is 0 Å². The third-order valence-corrected chi connectivity index (χ3v) is 11.4. The molecule has 12 nitrogen and oxygen atoms in total. The minimum absolute atomic E-state index is 0.0275. The van der Waals surface area contributed by atoms with E-state index in [1.807, 2.05) is 77.9 Å². The van der Waals surface area contributed by atoms with Crippen molar-refractivity contribution >= 4 is 28.2 Å². The first-order valence-corrected chi connectivity index (χ1v) is 19.0. The molecule has 1 aliphatic rings. The predicted molar refractivity (Wildman–Crippen MR) is 197 cm³/mol. The van der Waals surface area contributed by atoms with Gasteiger partial charge in [-0.2, -0.15) is 4.31 Å². The van der Waals surface area contributed by atoms with Gasteiger partial charge in [-0.25, -0.2) is 13.2 Å². The molecular weight excluding hydrogens is 669 g/mol. The summed E-state index contributed by atoms with van der Waals surface area (Å²) in [6.07, 6.45) is 2.54. The molecule has 1 saturated heterocycles. The topological polar surface area (TPSA) is 156 Å². The Morgan fingerprint density at radius 1 is 1.04 bits per heavy atom. The van der Waals surface area contributed by atoms with Gasteiger partial charge in [0.2, 0.25) is 15.9 Å². The summed E-state index contributed by atoms with van der Waals surface area (Å²) in [5, 5.41) is 26.7. The molecule has 276 valence electrons. The minimum Gasteiger partial charge on any atom is -0.411 e. The Hall–Kier alpha value is -4.33. The second kappa shape index (κ2) is 17.7. The van der Waals surface area contributed by atoms with Crippen LogP contribution in [-0.4, -0.2) is 100 Å². The van der Waals surface area contributed by atoms with Gasteiger partial charge in [-0.15, -0.1) is 0 Å². The van der Waals surface area contributed by atoms with Gasteiger partial charge in [0.25, 0.3) is 0 Å². The Labute approximate surface area is 302 Å². The number of nitrogens with zero attached hydrogens (tertiary/aromatic N) is 5. The Kier molecular flexibility index (Phi) is 13.7. The van der Waals surface area contributed by atoms with Gasteiger partial charge >= 0.3 is 6.03 Å². The fraction of sp³-hybridized carbons (Fsp3) is 0.474. The first-order valence-electron chi connectivity index (χ1n) is 17.5. The van der Waals surface area contributed by atoms with Crippen LogP contribution < -0.4 is 5.32 Å². The van der Waals surface area contributed by atoms with Crippen molar-refractivity contribution in [2.24, 2.45) is 17.0 Å². The van der Waals surface area contributed by atoms with Gasteiger partial charge in [0.05, 0.1) is 23.3 Å². The van der Waals surface area contributed by atoms with Crippen LogP contribution in [0.25, 0.3) is 0 Å². The monoisotopic (exact) mass is 720 g/mol. The first kappa shape index (κ1) is 39.5. The van der Waals surface area contributed by atoms with Crippen LogP contribution in [-0.2, 0) is 27.8 Å². The molecule has 13 heteroatoms. The van der Waals surface area contributed by atoms with Crippen molar-refractivity contribution in [3.63, 3.8) is 0 Å². The zero-order valence-corrected chi connectivity index (χ0v) is 31.3. The van der Waals surface area contributed by atoms with Gasteiger partial charge in [0.1, 0.15) is 6.04 Å². The maximum absolute atomic E-state index is 14.3. The molecule has 0 bridgehead atoms.